The summed E-state index contributed by atoms with van der Waals surface area (Å²) >= 11 is 0. The molecule has 1 aromatic rings. The van der Waals surface area contributed by atoms with Gasteiger partial charge in [0.2, 0.25) is 0 Å². The van der Waals surface area contributed by atoms with Crippen LogP contribution in [0.5, 0.6) is 0 Å². The lowest BCUT2D eigenvalue weighted by Crippen LogP contribution is -2.44. The topological polar surface area (TPSA) is 19.0 Å². The third-order valence-electron chi connectivity index (χ3n) is 5.04. The molecule has 0 radical (unpaired) electrons. The van der Waals surface area contributed by atoms with Crippen LogP contribution in [0.15, 0.2) is 24.3 Å². The standard InChI is InChI=1S/C19H31N3O/c1-20-8-10-21(11-9-20)7-3-6-18-4-2-5-19(16-18)17-22-12-14-23-15-13-22/h2,4-5,16H,3,6-15,17H2,1H3. The number of likely N-dealkylation sites (N-methyl/N-ethyl adjacent to an activating group) is 1. The van der Waals surface area contributed by atoms with Gasteiger partial charge in [-0.05, 0) is 37.6 Å². The summed E-state index contributed by atoms with van der Waals surface area (Å²) in [4.78, 5) is 7.52. The Balaban J connectivity index is 1.42. The summed E-state index contributed by atoms with van der Waals surface area (Å²) in [6.07, 6.45) is 2.47. The lowest BCUT2D eigenvalue weighted by atomic mass is 10.1. The molecule has 4 nitrogen and oxygen atoms in total. The van der Waals surface area contributed by atoms with Crippen molar-refractivity contribution in [2.24, 2.45) is 0 Å². The van der Waals surface area contributed by atoms with Gasteiger partial charge in [-0.25, -0.2) is 0 Å². The summed E-state index contributed by atoms with van der Waals surface area (Å²) in [5, 5.41) is 0. The lowest BCUT2D eigenvalue weighted by molar-refractivity contribution is 0.0342. The van der Waals surface area contributed by atoms with Crippen molar-refractivity contribution in [3.05, 3.63) is 35.4 Å². The molecule has 2 fully saturated rings. The summed E-state index contributed by atoms with van der Waals surface area (Å²) in [7, 11) is 2.22. The Morgan fingerprint density at radius 1 is 0.913 bits per heavy atom. The van der Waals surface area contributed by atoms with Gasteiger partial charge < -0.3 is 14.5 Å². The highest BCUT2D eigenvalue weighted by atomic mass is 16.5. The Hall–Kier alpha value is -0.940. The fraction of sp³-hybridized carbons (Fsp3) is 0.684. The molecule has 128 valence electrons. The molecule has 4 heteroatoms. The Morgan fingerprint density at radius 3 is 2.43 bits per heavy atom. The lowest BCUT2D eigenvalue weighted by Gasteiger charge is -2.32. The molecule has 1 aromatic carbocycles. The van der Waals surface area contributed by atoms with Crippen molar-refractivity contribution in [2.75, 3.05) is 66.1 Å². The molecule has 23 heavy (non-hydrogen) atoms. The van der Waals surface area contributed by atoms with Crippen LogP contribution in [0.3, 0.4) is 0 Å². The Morgan fingerprint density at radius 2 is 1.65 bits per heavy atom. The summed E-state index contributed by atoms with van der Waals surface area (Å²) in [6.45, 7) is 11.1. The molecule has 0 saturated carbocycles. The normalized spacial score (nSPS) is 21.6. The van der Waals surface area contributed by atoms with Crippen molar-refractivity contribution in [1.29, 1.82) is 0 Å². The minimum atomic E-state index is 0.880. The van der Waals surface area contributed by atoms with E-state index in [-0.39, 0.29) is 0 Å². The number of morpholine rings is 1. The van der Waals surface area contributed by atoms with Crippen molar-refractivity contribution in [1.82, 2.24) is 14.7 Å². The molecule has 0 aromatic heterocycles. The van der Waals surface area contributed by atoms with Gasteiger partial charge in [-0.15, -0.1) is 0 Å². The molecule has 0 N–H and O–H groups in total. The SMILES string of the molecule is CN1CCN(CCCc2cccc(CN3CCOCC3)c2)CC1. The maximum atomic E-state index is 5.43. The summed E-state index contributed by atoms with van der Waals surface area (Å²) in [5.41, 5.74) is 2.94. The van der Waals surface area contributed by atoms with Crippen LogP contribution >= 0.6 is 0 Å². The van der Waals surface area contributed by atoms with Gasteiger partial charge in [-0.1, -0.05) is 24.3 Å². The molecule has 0 amide bonds. The van der Waals surface area contributed by atoms with Gasteiger partial charge in [0.05, 0.1) is 13.2 Å². The highest BCUT2D eigenvalue weighted by Crippen LogP contribution is 2.12. The Labute approximate surface area is 141 Å². The first-order chi connectivity index (χ1) is 11.3. The van der Waals surface area contributed by atoms with Crippen LogP contribution in [0.2, 0.25) is 0 Å². The second-order valence-corrected chi connectivity index (χ2v) is 6.96. The predicted molar refractivity (Wildman–Crippen MR) is 94.8 cm³/mol. The molecule has 2 saturated heterocycles. The third-order valence-corrected chi connectivity index (χ3v) is 5.04. The average molecular weight is 317 g/mol. The van der Waals surface area contributed by atoms with Crippen molar-refractivity contribution in [3.8, 4) is 0 Å². The Kier molecular flexibility index (Phi) is 6.46. The summed E-state index contributed by atoms with van der Waals surface area (Å²) < 4.78 is 5.43. The number of aryl methyl sites for hydroxylation is 1. The highest BCUT2D eigenvalue weighted by Gasteiger charge is 2.13. The number of benzene rings is 1. The van der Waals surface area contributed by atoms with Crippen LogP contribution in [-0.4, -0.2) is 80.8 Å². The van der Waals surface area contributed by atoms with Crippen LogP contribution in [0.1, 0.15) is 17.5 Å². The predicted octanol–water partition coefficient (Wildman–Crippen LogP) is 1.70. The van der Waals surface area contributed by atoms with Crippen molar-refractivity contribution in [3.63, 3.8) is 0 Å². The van der Waals surface area contributed by atoms with E-state index in [0.717, 1.165) is 32.8 Å². The van der Waals surface area contributed by atoms with E-state index in [1.165, 1.54) is 56.7 Å². The van der Waals surface area contributed by atoms with Crippen LogP contribution in [0.25, 0.3) is 0 Å². The number of ether oxygens (including phenoxy) is 1. The first-order valence-corrected chi connectivity index (χ1v) is 9.08. The van der Waals surface area contributed by atoms with Crippen LogP contribution in [0.4, 0.5) is 0 Å². The Bertz CT molecular complexity index is 465. The van der Waals surface area contributed by atoms with Gasteiger partial charge in [-0.2, -0.15) is 0 Å². The molecule has 2 aliphatic heterocycles. The van der Waals surface area contributed by atoms with Gasteiger partial charge in [0.15, 0.2) is 0 Å². The number of nitrogens with zero attached hydrogens (tertiary/aromatic N) is 3. The minimum Gasteiger partial charge on any atom is -0.379 e. The maximum Gasteiger partial charge on any atom is 0.0594 e. The van der Waals surface area contributed by atoms with E-state index >= 15 is 0 Å². The van der Waals surface area contributed by atoms with E-state index in [9.17, 15) is 0 Å². The second kappa shape index (κ2) is 8.78. The molecule has 2 heterocycles. The number of hydrogen-bond acceptors (Lipinski definition) is 4. The third kappa shape index (κ3) is 5.57. The number of hydrogen-bond donors (Lipinski definition) is 0. The van der Waals surface area contributed by atoms with Gasteiger partial charge in [0.1, 0.15) is 0 Å². The van der Waals surface area contributed by atoms with E-state index in [0.29, 0.717) is 0 Å². The monoisotopic (exact) mass is 317 g/mol. The smallest absolute Gasteiger partial charge is 0.0594 e. The van der Waals surface area contributed by atoms with Crippen LogP contribution < -0.4 is 0 Å². The van der Waals surface area contributed by atoms with Gasteiger partial charge >= 0.3 is 0 Å². The first kappa shape index (κ1) is 16.9. The van der Waals surface area contributed by atoms with E-state index in [1.807, 2.05) is 0 Å². The maximum absolute atomic E-state index is 5.43. The van der Waals surface area contributed by atoms with Crippen molar-refractivity contribution >= 4 is 0 Å². The first-order valence-electron chi connectivity index (χ1n) is 9.08. The average Bonchev–Trinajstić information content (AvgIpc) is 2.58. The molecule has 3 rings (SSSR count). The molecule has 0 unspecified atom stereocenters. The van der Waals surface area contributed by atoms with Crippen LogP contribution in [-0.2, 0) is 17.7 Å². The quantitative estimate of drug-likeness (QED) is 0.795. The summed E-state index contributed by atoms with van der Waals surface area (Å²) in [5.74, 6) is 0. The molecular weight excluding hydrogens is 286 g/mol. The van der Waals surface area contributed by atoms with Gasteiger partial charge in [0.25, 0.3) is 0 Å². The summed E-state index contributed by atoms with van der Waals surface area (Å²) in [6, 6.07) is 9.17. The molecule has 0 atom stereocenters. The zero-order chi connectivity index (χ0) is 15.9. The molecule has 2 aliphatic rings. The molecule has 0 spiro atoms. The van der Waals surface area contributed by atoms with Crippen LogP contribution in [0, 0.1) is 0 Å². The molecule has 0 aliphatic carbocycles. The highest BCUT2D eigenvalue weighted by molar-refractivity contribution is 5.23. The van der Waals surface area contributed by atoms with Crippen molar-refractivity contribution < 1.29 is 4.74 Å². The number of rotatable bonds is 6. The second-order valence-electron chi connectivity index (χ2n) is 6.96. The van der Waals surface area contributed by atoms with Gasteiger partial charge in [0, 0.05) is 45.8 Å². The minimum absolute atomic E-state index is 0.880. The zero-order valence-corrected chi connectivity index (χ0v) is 14.5. The molecular formula is C19H31N3O. The van der Waals surface area contributed by atoms with Crippen molar-refractivity contribution in [2.45, 2.75) is 19.4 Å². The number of piperazine rings is 1. The fourth-order valence-corrected chi connectivity index (χ4v) is 3.48. The van der Waals surface area contributed by atoms with E-state index in [4.69, 9.17) is 4.74 Å². The van der Waals surface area contributed by atoms with E-state index in [2.05, 4.69) is 46.0 Å². The largest absolute Gasteiger partial charge is 0.379 e. The van der Waals surface area contributed by atoms with Gasteiger partial charge in [-0.3, -0.25) is 4.90 Å². The van der Waals surface area contributed by atoms with E-state index < -0.39 is 0 Å². The fourth-order valence-electron chi connectivity index (χ4n) is 3.48. The molecule has 0 bridgehead atoms. The van der Waals surface area contributed by atoms with E-state index in [1.54, 1.807) is 0 Å². The zero-order valence-electron chi connectivity index (χ0n) is 14.5.